The molecule has 0 spiro atoms. The summed E-state index contributed by atoms with van der Waals surface area (Å²) in [4.78, 5) is 16.1. The standard InChI is InChI=1S/C16H19N3O/c1-12(2)9-18-16(20)13-8-15(11-17-10-13)19-14-6-4-3-5-7-14/h3-8,10-12,19H,9H2,1-2H3,(H,18,20). The summed E-state index contributed by atoms with van der Waals surface area (Å²) in [7, 11) is 0. The SMILES string of the molecule is CC(C)CNC(=O)c1cncc(Nc2ccccc2)c1. The fourth-order valence-electron chi connectivity index (χ4n) is 1.72. The molecule has 0 saturated carbocycles. The number of aromatic nitrogens is 1. The van der Waals surface area contributed by atoms with Crippen LogP contribution in [0.3, 0.4) is 0 Å². The van der Waals surface area contributed by atoms with E-state index in [0.717, 1.165) is 11.4 Å². The zero-order chi connectivity index (χ0) is 14.4. The lowest BCUT2D eigenvalue weighted by molar-refractivity contribution is 0.0948. The molecule has 4 nitrogen and oxygen atoms in total. The second kappa shape index (κ2) is 6.70. The van der Waals surface area contributed by atoms with E-state index < -0.39 is 0 Å². The molecule has 1 aromatic carbocycles. The molecule has 104 valence electrons. The van der Waals surface area contributed by atoms with Gasteiger partial charge in [0.15, 0.2) is 0 Å². The summed E-state index contributed by atoms with van der Waals surface area (Å²) in [6.45, 7) is 4.78. The third-order valence-corrected chi connectivity index (χ3v) is 2.73. The average Bonchev–Trinajstić information content (AvgIpc) is 2.46. The number of pyridine rings is 1. The first-order valence-corrected chi connectivity index (χ1v) is 6.70. The molecule has 0 bridgehead atoms. The number of para-hydroxylation sites is 1. The Morgan fingerprint density at radius 3 is 2.60 bits per heavy atom. The predicted octanol–water partition coefficient (Wildman–Crippen LogP) is 3.21. The first-order chi connectivity index (χ1) is 9.65. The van der Waals surface area contributed by atoms with Crippen molar-refractivity contribution >= 4 is 17.3 Å². The van der Waals surface area contributed by atoms with Crippen molar-refractivity contribution in [2.24, 2.45) is 5.92 Å². The van der Waals surface area contributed by atoms with Crippen LogP contribution in [0.15, 0.2) is 48.8 Å². The molecular formula is C16H19N3O. The summed E-state index contributed by atoms with van der Waals surface area (Å²) in [5.74, 6) is 0.334. The fraction of sp³-hybridized carbons (Fsp3) is 0.250. The molecule has 2 N–H and O–H groups in total. The van der Waals surface area contributed by atoms with Gasteiger partial charge in [-0.3, -0.25) is 9.78 Å². The fourth-order valence-corrected chi connectivity index (χ4v) is 1.72. The van der Waals surface area contributed by atoms with Crippen LogP contribution in [-0.4, -0.2) is 17.4 Å². The van der Waals surface area contributed by atoms with E-state index in [9.17, 15) is 4.79 Å². The summed E-state index contributed by atoms with van der Waals surface area (Å²) in [5.41, 5.74) is 2.33. The maximum absolute atomic E-state index is 12.0. The topological polar surface area (TPSA) is 54.0 Å². The number of amides is 1. The molecule has 0 aliphatic carbocycles. The minimum atomic E-state index is -0.0945. The van der Waals surface area contributed by atoms with E-state index in [1.807, 2.05) is 30.3 Å². The molecular weight excluding hydrogens is 250 g/mol. The first kappa shape index (κ1) is 14.1. The molecule has 2 rings (SSSR count). The van der Waals surface area contributed by atoms with Crippen LogP contribution in [0, 0.1) is 5.92 Å². The molecule has 1 amide bonds. The van der Waals surface area contributed by atoms with Gasteiger partial charge in [-0.15, -0.1) is 0 Å². The van der Waals surface area contributed by atoms with Gasteiger partial charge in [-0.25, -0.2) is 0 Å². The van der Waals surface area contributed by atoms with Crippen LogP contribution in [-0.2, 0) is 0 Å². The molecule has 4 heteroatoms. The third-order valence-electron chi connectivity index (χ3n) is 2.73. The largest absolute Gasteiger partial charge is 0.354 e. The van der Waals surface area contributed by atoms with Crippen molar-refractivity contribution in [2.75, 3.05) is 11.9 Å². The van der Waals surface area contributed by atoms with E-state index in [1.54, 1.807) is 18.5 Å². The van der Waals surface area contributed by atoms with Crippen LogP contribution in [0.4, 0.5) is 11.4 Å². The normalized spacial score (nSPS) is 10.3. The molecule has 1 aromatic heterocycles. The van der Waals surface area contributed by atoms with Gasteiger partial charge < -0.3 is 10.6 Å². The molecule has 0 aliphatic rings. The summed E-state index contributed by atoms with van der Waals surface area (Å²) in [6, 6.07) is 11.6. The molecule has 0 saturated heterocycles. The highest BCUT2D eigenvalue weighted by Crippen LogP contribution is 2.16. The minimum absolute atomic E-state index is 0.0945. The monoisotopic (exact) mass is 269 g/mol. The van der Waals surface area contributed by atoms with Crippen molar-refractivity contribution in [3.05, 3.63) is 54.4 Å². The number of nitrogens with one attached hydrogen (secondary N) is 2. The van der Waals surface area contributed by atoms with Gasteiger partial charge in [-0.2, -0.15) is 0 Å². The zero-order valence-corrected chi connectivity index (χ0v) is 11.8. The van der Waals surface area contributed by atoms with Crippen LogP contribution < -0.4 is 10.6 Å². The lowest BCUT2D eigenvalue weighted by atomic mass is 10.2. The summed E-state index contributed by atoms with van der Waals surface area (Å²) in [5, 5.41) is 6.10. The number of carbonyl (C=O) groups is 1. The zero-order valence-electron chi connectivity index (χ0n) is 11.8. The number of nitrogens with zero attached hydrogens (tertiary/aromatic N) is 1. The van der Waals surface area contributed by atoms with Crippen molar-refractivity contribution in [3.8, 4) is 0 Å². The quantitative estimate of drug-likeness (QED) is 0.876. The van der Waals surface area contributed by atoms with E-state index >= 15 is 0 Å². The van der Waals surface area contributed by atoms with Crippen LogP contribution in [0.25, 0.3) is 0 Å². The third kappa shape index (κ3) is 4.09. The average molecular weight is 269 g/mol. The molecule has 2 aromatic rings. The molecule has 0 fully saturated rings. The highest BCUT2D eigenvalue weighted by atomic mass is 16.1. The van der Waals surface area contributed by atoms with E-state index in [-0.39, 0.29) is 5.91 Å². The van der Waals surface area contributed by atoms with Crippen LogP contribution in [0.1, 0.15) is 24.2 Å². The van der Waals surface area contributed by atoms with Gasteiger partial charge in [0.25, 0.3) is 5.91 Å². The lowest BCUT2D eigenvalue weighted by Crippen LogP contribution is -2.27. The Balaban J connectivity index is 2.06. The molecule has 0 aliphatic heterocycles. The summed E-state index contributed by atoms with van der Waals surface area (Å²) >= 11 is 0. The Kier molecular flexibility index (Phi) is 4.71. The maximum atomic E-state index is 12.0. The van der Waals surface area contributed by atoms with Gasteiger partial charge in [-0.05, 0) is 24.1 Å². The Hall–Kier alpha value is -2.36. The first-order valence-electron chi connectivity index (χ1n) is 6.70. The van der Waals surface area contributed by atoms with Crippen molar-refractivity contribution in [3.63, 3.8) is 0 Å². The highest BCUT2D eigenvalue weighted by Gasteiger charge is 2.07. The van der Waals surface area contributed by atoms with Gasteiger partial charge >= 0.3 is 0 Å². The second-order valence-electron chi connectivity index (χ2n) is 5.06. The number of hydrogen-bond acceptors (Lipinski definition) is 3. The van der Waals surface area contributed by atoms with Crippen molar-refractivity contribution in [1.29, 1.82) is 0 Å². The summed E-state index contributed by atoms with van der Waals surface area (Å²) < 4.78 is 0. The number of carbonyl (C=O) groups excluding carboxylic acids is 1. The van der Waals surface area contributed by atoms with Crippen molar-refractivity contribution in [1.82, 2.24) is 10.3 Å². The molecule has 1 heterocycles. The number of anilines is 2. The van der Waals surface area contributed by atoms with Gasteiger partial charge in [0.05, 0.1) is 17.4 Å². The second-order valence-corrected chi connectivity index (χ2v) is 5.06. The number of hydrogen-bond donors (Lipinski definition) is 2. The van der Waals surface area contributed by atoms with Crippen LogP contribution in [0.2, 0.25) is 0 Å². The van der Waals surface area contributed by atoms with Gasteiger partial charge in [0.1, 0.15) is 0 Å². The van der Waals surface area contributed by atoms with E-state index in [0.29, 0.717) is 18.0 Å². The van der Waals surface area contributed by atoms with Gasteiger partial charge in [-0.1, -0.05) is 32.0 Å². The molecule has 0 atom stereocenters. The van der Waals surface area contributed by atoms with E-state index in [2.05, 4.69) is 29.5 Å². The van der Waals surface area contributed by atoms with E-state index in [4.69, 9.17) is 0 Å². The number of benzene rings is 1. The van der Waals surface area contributed by atoms with Crippen molar-refractivity contribution < 1.29 is 4.79 Å². The molecule has 0 unspecified atom stereocenters. The van der Waals surface area contributed by atoms with E-state index in [1.165, 1.54) is 0 Å². The summed E-state index contributed by atoms with van der Waals surface area (Å²) in [6.07, 6.45) is 3.28. The highest BCUT2D eigenvalue weighted by molar-refractivity contribution is 5.94. The number of rotatable bonds is 5. The minimum Gasteiger partial charge on any atom is -0.354 e. The van der Waals surface area contributed by atoms with Crippen LogP contribution in [0.5, 0.6) is 0 Å². The molecule has 20 heavy (non-hydrogen) atoms. The Labute approximate surface area is 119 Å². The smallest absolute Gasteiger partial charge is 0.252 e. The molecule has 0 radical (unpaired) electrons. The Bertz CT molecular complexity index is 567. The van der Waals surface area contributed by atoms with Gasteiger partial charge in [0.2, 0.25) is 0 Å². The lowest BCUT2D eigenvalue weighted by Gasteiger charge is -2.09. The van der Waals surface area contributed by atoms with Gasteiger partial charge in [0, 0.05) is 18.4 Å². The van der Waals surface area contributed by atoms with Crippen molar-refractivity contribution in [2.45, 2.75) is 13.8 Å². The Morgan fingerprint density at radius 1 is 1.15 bits per heavy atom. The Morgan fingerprint density at radius 2 is 1.90 bits per heavy atom. The predicted molar refractivity (Wildman–Crippen MR) is 81.1 cm³/mol. The maximum Gasteiger partial charge on any atom is 0.252 e. The van der Waals surface area contributed by atoms with Crippen LogP contribution >= 0.6 is 0 Å².